The first-order valence-electron chi connectivity index (χ1n) is 9.98. The first kappa shape index (κ1) is 23.0. The van der Waals surface area contributed by atoms with E-state index in [2.05, 4.69) is 20.7 Å². The second-order valence-corrected chi connectivity index (χ2v) is 8.94. The summed E-state index contributed by atoms with van der Waals surface area (Å²) in [6, 6.07) is 22.6. The van der Waals surface area contributed by atoms with Gasteiger partial charge in [-0.25, -0.2) is 5.43 Å². The number of nitrogens with one attached hydrogen (secondary N) is 1. The van der Waals surface area contributed by atoms with Crippen molar-refractivity contribution in [3.8, 4) is 17.1 Å². The Morgan fingerprint density at radius 1 is 1.03 bits per heavy atom. The molecule has 0 aliphatic heterocycles. The predicted octanol–water partition coefficient (Wildman–Crippen LogP) is 5.79. The van der Waals surface area contributed by atoms with Crippen LogP contribution in [-0.4, -0.2) is 32.6 Å². The summed E-state index contributed by atoms with van der Waals surface area (Å²) in [5.41, 5.74) is 6.24. The van der Waals surface area contributed by atoms with Crippen molar-refractivity contribution in [1.29, 1.82) is 0 Å². The SMILES string of the molecule is Cc1ccc(-n2c(SCC(=O)NN=Cc3cccc(Cl)c3)nnc2-c2ccc(Cl)cc2)cc1. The van der Waals surface area contributed by atoms with Crippen molar-refractivity contribution in [2.45, 2.75) is 12.1 Å². The third-order valence-corrected chi connectivity index (χ3v) is 6.03. The van der Waals surface area contributed by atoms with Gasteiger partial charge in [0.2, 0.25) is 0 Å². The lowest BCUT2D eigenvalue weighted by Gasteiger charge is -2.10. The van der Waals surface area contributed by atoms with Gasteiger partial charge in [0.05, 0.1) is 12.0 Å². The lowest BCUT2D eigenvalue weighted by molar-refractivity contribution is -0.118. The number of hydrogen-bond acceptors (Lipinski definition) is 5. The number of carbonyl (C=O) groups is 1. The van der Waals surface area contributed by atoms with Gasteiger partial charge in [0.15, 0.2) is 11.0 Å². The van der Waals surface area contributed by atoms with Gasteiger partial charge in [-0.3, -0.25) is 9.36 Å². The molecule has 0 radical (unpaired) electrons. The van der Waals surface area contributed by atoms with Crippen LogP contribution >= 0.6 is 35.0 Å². The summed E-state index contributed by atoms with van der Waals surface area (Å²) in [4.78, 5) is 12.3. The number of thioether (sulfide) groups is 1. The number of rotatable bonds is 7. The molecule has 0 saturated carbocycles. The molecule has 4 rings (SSSR count). The van der Waals surface area contributed by atoms with Crippen molar-refractivity contribution in [1.82, 2.24) is 20.2 Å². The molecule has 0 aliphatic carbocycles. The Hall–Kier alpha value is -3.13. The third-order valence-electron chi connectivity index (χ3n) is 4.61. The largest absolute Gasteiger partial charge is 0.272 e. The number of halogens is 2. The molecule has 1 aromatic heterocycles. The van der Waals surface area contributed by atoms with Crippen molar-refractivity contribution >= 4 is 47.1 Å². The van der Waals surface area contributed by atoms with E-state index in [-0.39, 0.29) is 11.7 Å². The van der Waals surface area contributed by atoms with Crippen molar-refractivity contribution < 1.29 is 4.79 Å². The van der Waals surface area contributed by atoms with Crippen LogP contribution in [0.25, 0.3) is 17.1 Å². The highest BCUT2D eigenvalue weighted by Gasteiger charge is 2.17. The van der Waals surface area contributed by atoms with Crippen molar-refractivity contribution in [2.75, 3.05) is 5.75 Å². The van der Waals surface area contributed by atoms with Crippen LogP contribution in [0.4, 0.5) is 0 Å². The van der Waals surface area contributed by atoms with Gasteiger partial charge in [0, 0.05) is 21.3 Å². The standard InChI is InChI=1S/C24H19Cl2N5OS/c1-16-5-11-21(12-6-16)31-23(18-7-9-19(25)10-8-18)29-30-24(31)33-15-22(32)28-27-14-17-3-2-4-20(26)13-17/h2-14H,15H2,1H3,(H,28,32). The summed E-state index contributed by atoms with van der Waals surface area (Å²) < 4.78 is 1.93. The van der Waals surface area contributed by atoms with E-state index in [4.69, 9.17) is 23.2 Å². The fourth-order valence-electron chi connectivity index (χ4n) is 3.00. The number of amides is 1. The third kappa shape index (κ3) is 6.01. The zero-order valence-corrected chi connectivity index (χ0v) is 19.9. The average Bonchev–Trinajstić information content (AvgIpc) is 3.23. The van der Waals surface area contributed by atoms with Gasteiger partial charge < -0.3 is 0 Å². The van der Waals surface area contributed by atoms with Gasteiger partial charge in [0.25, 0.3) is 5.91 Å². The summed E-state index contributed by atoms with van der Waals surface area (Å²) in [6.45, 7) is 2.03. The normalized spacial score (nSPS) is 11.1. The fraction of sp³-hybridized carbons (Fsp3) is 0.0833. The van der Waals surface area contributed by atoms with Gasteiger partial charge in [0.1, 0.15) is 0 Å². The Bertz CT molecular complexity index is 1290. The minimum Gasteiger partial charge on any atom is -0.272 e. The molecule has 0 spiro atoms. The molecule has 0 bridgehead atoms. The molecule has 3 aromatic carbocycles. The molecule has 4 aromatic rings. The lowest BCUT2D eigenvalue weighted by Crippen LogP contribution is -2.20. The topological polar surface area (TPSA) is 72.2 Å². The van der Waals surface area contributed by atoms with Gasteiger partial charge >= 0.3 is 0 Å². The zero-order chi connectivity index (χ0) is 23.2. The number of aryl methyl sites for hydroxylation is 1. The Balaban J connectivity index is 1.51. The molecule has 6 nitrogen and oxygen atoms in total. The van der Waals surface area contributed by atoms with Crippen LogP contribution in [0.3, 0.4) is 0 Å². The molecular formula is C24H19Cl2N5OS. The molecule has 9 heteroatoms. The van der Waals surface area contributed by atoms with E-state index >= 15 is 0 Å². The number of nitrogens with zero attached hydrogens (tertiary/aromatic N) is 4. The van der Waals surface area contributed by atoms with Crippen LogP contribution in [0, 0.1) is 6.92 Å². The molecule has 0 atom stereocenters. The number of benzene rings is 3. The van der Waals surface area contributed by atoms with E-state index in [1.54, 1.807) is 18.3 Å². The van der Waals surface area contributed by atoms with Crippen LogP contribution in [0.5, 0.6) is 0 Å². The summed E-state index contributed by atoms with van der Waals surface area (Å²) in [7, 11) is 0. The van der Waals surface area contributed by atoms with E-state index in [0.717, 1.165) is 22.4 Å². The van der Waals surface area contributed by atoms with Crippen LogP contribution < -0.4 is 5.43 Å². The number of hydrazone groups is 1. The molecule has 0 unspecified atom stereocenters. The van der Waals surface area contributed by atoms with Gasteiger partial charge in [-0.2, -0.15) is 5.10 Å². The molecule has 0 saturated heterocycles. The van der Waals surface area contributed by atoms with E-state index < -0.39 is 0 Å². The second kappa shape index (κ2) is 10.7. The van der Waals surface area contributed by atoms with E-state index in [1.807, 2.05) is 72.2 Å². The van der Waals surface area contributed by atoms with E-state index in [1.165, 1.54) is 11.8 Å². The molecular weight excluding hydrogens is 477 g/mol. The molecule has 0 aliphatic rings. The summed E-state index contributed by atoms with van der Waals surface area (Å²) in [5, 5.41) is 14.5. The van der Waals surface area contributed by atoms with Crippen LogP contribution in [0.15, 0.2) is 83.1 Å². The van der Waals surface area contributed by atoms with Crippen molar-refractivity contribution in [2.24, 2.45) is 5.10 Å². The number of carbonyl (C=O) groups excluding carboxylic acids is 1. The van der Waals surface area contributed by atoms with Crippen LogP contribution in [0.2, 0.25) is 10.0 Å². The fourth-order valence-corrected chi connectivity index (χ4v) is 4.07. The van der Waals surface area contributed by atoms with E-state index in [0.29, 0.717) is 21.0 Å². The molecule has 166 valence electrons. The van der Waals surface area contributed by atoms with Crippen LogP contribution in [-0.2, 0) is 4.79 Å². The van der Waals surface area contributed by atoms with Crippen molar-refractivity contribution in [3.05, 3.63) is 94.0 Å². The minimum atomic E-state index is -0.259. The molecule has 0 fully saturated rings. The highest BCUT2D eigenvalue weighted by atomic mass is 35.5. The summed E-state index contributed by atoms with van der Waals surface area (Å²) in [6.07, 6.45) is 1.54. The number of hydrogen-bond donors (Lipinski definition) is 1. The Labute approximate surface area is 205 Å². The summed E-state index contributed by atoms with van der Waals surface area (Å²) in [5.74, 6) is 0.527. The van der Waals surface area contributed by atoms with E-state index in [9.17, 15) is 4.79 Å². The van der Waals surface area contributed by atoms with Gasteiger partial charge in [-0.1, -0.05) is 64.8 Å². The minimum absolute atomic E-state index is 0.123. The quantitative estimate of drug-likeness (QED) is 0.200. The number of aromatic nitrogens is 3. The predicted molar refractivity (Wildman–Crippen MR) is 134 cm³/mol. The summed E-state index contributed by atoms with van der Waals surface area (Å²) >= 11 is 13.3. The molecule has 1 N–H and O–H groups in total. The van der Waals surface area contributed by atoms with Crippen molar-refractivity contribution in [3.63, 3.8) is 0 Å². The molecule has 33 heavy (non-hydrogen) atoms. The maximum Gasteiger partial charge on any atom is 0.250 e. The first-order chi connectivity index (χ1) is 16.0. The van der Waals surface area contributed by atoms with Crippen LogP contribution in [0.1, 0.15) is 11.1 Å². The lowest BCUT2D eigenvalue weighted by atomic mass is 10.2. The first-order valence-corrected chi connectivity index (χ1v) is 11.7. The Morgan fingerprint density at radius 2 is 1.79 bits per heavy atom. The zero-order valence-electron chi connectivity index (χ0n) is 17.6. The monoisotopic (exact) mass is 495 g/mol. The smallest absolute Gasteiger partial charge is 0.250 e. The average molecular weight is 496 g/mol. The highest BCUT2D eigenvalue weighted by molar-refractivity contribution is 7.99. The second-order valence-electron chi connectivity index (χ2n) is 7.12. The molecule has 1 amide bonds. The highest BCUT2D eigenvalue weighted by Crippen LogP contribution is 2.28. The molecule has 1 heterocycles. The Kier molecular flexibility index (Phi) is 7.44. The maximum absolute atomic E-state index is 12.3. The Morgan fingerprint density at radius 3 is 2.52 bits per heavy atom. The van der Waals surface area contributed by atoms with Gasteiger partial charge in [-0.15, -0.1) is 10.2 Å². The maximum atomic E-state index is 12.3. The van der Waals surface area contributed by atoms with Gasteiger partial charge in [-0.05, 0) is 61.0 Å².